The number of methoxy groups -OCH3 is 1. The van der Waals surface area contributed by atoms with Crippen LogP contribution in [0.3, 0.4) is 0 Å². The Morgan fingerprint density at radius 1 is 1.23 bits per heavy atom. The molecule has 2 aromatic heterocycles. The predicted octanol–water partition coefficient (Wildman–Crippen LogP) is 3.30. The maximum absolute atomic E-state index is 8.55. The third kappa shape index (κ3) is 4.08. The number of nitrogens with one attached hydrogen (secondary N) is 1. The molecule has 0 aliphatic rings. The van der Waals surface area contributed by atoms with E-state index in [0.29, 0.717) is 24.4 Å². The molecule has 0 saturated heterocycles. The van der Waals surface area contributed by atoms with E-state index in [-0.39, 0.29) is 0 Å². The van der Waals surface area contributed by atoms with Gasteiger partial charge < -0.3 is 15.3 Å². The van der Waals surface area contributed by atoms with Crippen LogP contribution < -0.4 is 10.1 Å². The van der Waals surface area contributed by atoms with Gasteiger partial charge in [0.2, 0.25) is 0 Å². The molecule has 3 aromatic rings. The quantitative estimate of drug-likeness (QED) is 0.244. The molecule has 2 N–H and O–H groups in total. The van der Waals surface area contributed by atoms with Crippen LogP contribution in [0.2, 0.25) is 0 Å². The Morgan fingerprint density at radius 3 is 2.96 bits per heavy atom. The number of pyridine rings is 2. The lowest BCUT2D eigenvalue weighted by atomic mass is 10.1. The number of hydrogen-bond donors (Lipinski definition) is 2. The Bertz CT molecular complexity index is 990. The number of ether oxygens (including phenoxy) is 1. The lowest BCUT2D eigenvalue weighted by Crippen LogP contribution is -2.01. The maximum atomic E-state index is 8.55. The molecule has 0 amide bonds. The van der Waals surface area contributed by atoms with Crippen molar-refractivity contribution in [1.82, 2.24) is 9.97 Å². The molecule has 3 rings (SSSR count). The summed E-state index contributed by atoms with van der Waals surface area (Å²) in [7, 11) is 1.64. The van der Waals surface area contributed by atoms with Crippen molar-refractivity contribution in [1.29, 1.82) is 0 Å². The first-order valence-corrected chi connectivity index (χ1v) is 8.11. The molecule has 0 atom stereocenters. The van der Waals surface area contributed by atoms with Gasteiger partial charge in [-0.2, -0.15) is 0 Å². The van der Waals surface area contributed by atoms with Gasteiger partial charge in [0.25, 0.3) is 0 Å². The highest BCUT2D eigenvalue weighted by atomic mass is 16.5. The number of rotatable bonds is 5. The summed E-state index contributed by atoms with van der Waals surface area (Å²) in [5.74, 6) is 6.85. The van der Waals surface area contributed by atoms with Gasteiger partial charge in [-0.25, -0.2) is 4.98 Å². The minimum Gasteiger partial charge on any atom is -0.494 e. The van der Waals surface area contributed by atoms with E-state index in [1.54, 1.807) is 19.4 Å². The number of oxime groups is 1. The van der Waals surface area contributed by atoms with Crippen molar-refractivity contribution in [3.05, 3.63) is 60.0 Å². The largest absolute Gasteiger partial charge is 0.494 e. The van der Waals surface area contributed by atoms with Gasteiger partial charge in [-0.1, -0.05) is 29.3 Å². The molecule has 1 aromatic carbocycles. The Kier molecular flexibility index (Phi) is 5.63. The van der Waals surface area contributed by atoms with E-state index in [9.17, 15) is 0 Å². The fourth-order valence-corrected chi connectivity index (χ4v) is 2.53. The minimum absolute atomic E-state index is 0.564. The van der Waals surface area contributed by atoms with Crippen molar-refractivity contribution in [2.45, 2.75) is 6.42 Å². The zero-order valence-corrected chi connectivity index (χ0v) is 14.3. The van der Waals surface area contributed by atoms with E-state index < -0.39 is 0 Å². The number of aromatic nitrogens is 2. The predicted molar refractivity (Wildman–Crippen MR) is 102 cm³/mol. The number of benzene rings is 1. The van der Waals surface area contributed by atoms with E-state index in [1.165, 1.54) is 6.21 Å². The maximum Gasteiger partial charge on any atom is 0.145 e. The zero-order valence-electron chi connectivity index (χ0n) is 14.3. The van der Waals surface area contributed by atoms with Gasteiger partial charge >= 0.3 is 0 Å². The monoisotopic (exact) mass is 346 g/mol. The molecule has 0 bridgehead atoms. The second-order valence-corrected chi connectivity index (χ2v) is 5.39. The van der Waals surface area contributed by atoms with Crippen LogP contribution in [-0.4, -0.2) is 35.0 Å². The SMILES string of the molecule is COc1cccc2c(NCCC#Cc3cccc(/C=N\O)n3)ccnc12. The van der Waals surface area contributed by atoms with E-state index in [4.69, 9.17) is 9.94 Å². The minimum atomic E-state index is 0.564. The Hall–Kier alpha value is -3.59. The van der Waals surface area contributed by atoms with E-state index in [2.05, 4.69) is 32.3 Å². The second-order valence-electron chi connectivity index (χ2n) is 5.39. The van der Waals surface area contributed by atoms with E-state index in [1.807, 2.05) is 36.4 Å². The average molecular weight is 346 g/mol. The smallest absolute Gasteiger partial charge is 0.145 e. The second kappa shape index (κ2) is 8.49. The van der Waals surface area contributed by atoms with Crippen LogP contribution in [0.1, 0.15) is 17.8 Å². The van der Waals surface area contributed by atoms with Crippen molar-refractivity contribution in [3.8, 4) is 17.6 Å². The lowest BCUT2D eigenvalue weighted by molar-refractivity contribution is 0.321. The normalized spacial score (nSPS) is 10.5. The van der Waals surface area contributed by atoms with Crippen LogP contribution >= 0.6 is 0 Å². The van der Waals surface area contributed by atoms with Crippen LogP contribution in [0, 0.1) is 11.8 Å². The summed E-state index contributed by atoms with van der Waals surface area (Å²) in [6.07, 6.45) is 3.69. The molecule has 0 radical (unpaired) electrons. The Labute approximate surface area is 151 Å². The molecule has 6 nitrogen and oxygen atoms in total. The molecule has 0 spiro atoms. The van der Waals surface area contributed by atoms with Crippen LogP contribution in [-0.2, 0) is 0 Å². The standard InChI is InChI=1S/C20H18N4O2/c1-26-19-10-5-9-17-18(11-13-22-20(17)19)21-12-3-2-6-15-7-4-8-16(24-15)14-23-25/h4-5,7-11,13-14,25H,3,12H2,1H3,(H,21,22)/b23-14-. The summed E-state index contributed by atoms with van der Waals surface area (Å²) < 4.78 is 5.36. The van der Waals surface area contributed by atoms with Gasteiger partial charge in [-0.05, 0) is 30.2 Å². The van der Waals surface area contributed by atoms with Crippen molar-refractivity contribution in [3.63, 3.8) is 0 Å². The fraction of sp³-hybridized carbons (Fsp3) is 0.150. The molecular weight excluding hydrogens is 328 g/mol. The Morgan fingerprint density at radius 2 is 2.12 bits per heavy atom. The average Bonchev–Trinajstić information content (AvgIpc) is 2.68. The number of anilines is 1. The topological polar surface area (TPSA) is 79.6 Å². The van der Waals surface area contributed by atoms with Gasteiger partial charge in [0, 0.05) is 30.2 Å². The molecule has 2 heterocycles. The van der Waals surface area contributed by atoms with Crippen molar-refractivity contribution in [2.24, 2.45) is 5.16 Å². The van der Waals surface area contributed by atoms with E-state index in [0.717, 1.165) is 22.3 Å². The molecule has 26 heavy (non-hydrogen) atoms. The van der Waals surface area contributed by atoms with Crippen molar-refractivity contribution < 1.29 is 9.94 Å². The molecule has 0 aliphatic carbocycles. The van der Waals surface area contributed by atoms with Gasteiger partial charge in [-0.15, -0.1) is 0 Å². The lowest BCUT2D eigenvalue weighted by Gasteiger charge is -2.10. The molecule has 0 aliphatic heterocycles. The first-order chi connectivity index (χ1) is 12.8. The van der Waals surface area contributed by atoms with Gasteiger partial charge in [0.15, 0.2) is 0 Å². The summed E-state index contributed by atoms with van der Waals surface area (Å²) in [5, 5.41) is 15.9. The van der Waals surface area contributed by atoms with Crippen LogP contribution in [0.5, 0.6) is 5.75 Å². The summed E-state index contributed by atoms with van der Waals surface area (Å²) >= 11 is 0. The highest BCUT2D eigenvalue weighted by Crippen LogP contribution is 2.28. The first kappa shape index (κ1) is 17.2. The van der Waals surface area contributed by atoms with Crippen molar-refractivity contribution in [2.75, 3.05) is 19.0 Å². The third-order valence-corrected chi connectivity index (χ3v) is 3.70. The van der Waals surface area contributed by atoms with Gasteiger partial charge in [-0.3, -0.25) is 4.98 Å². The molecule has 0 saturated carbocycles. The van der Waals surface area contributed by atoms with Gasteiger partial charge in [0.05, 0.1) is 19.0 Å². The number of para-hydroxylation sites is 1. The zero-order chi connectivity index (χ0) is 18.2. The fourth-order valence-electron chi connectivity index (χ4n) is 2.53. The molecule has 130 valence electrons. The highest BCUT2D eigenvalue weighted by molar-refractivity contribution is 5.94. The van der Waals surface area contributed by atoms with Crippen LogP contribution in [0.4, 0.5) is 5.69 Å². The first-order valence-electron chi connectivity index (χ1n) is 8.11. The molecular formula is C20H18N4O2. The van der Waals surface area contributed by atoms with Crippen molar-refractivity contribution >= 4 is 22.8 Å². The van der Waals surface area contributed by atoms with Gasteiger partial charge in [0.1, 0.15) is 17.0 Å². The number of fused-ring (bicyclic) bond motifs is 1. The summed E-state index contributed by atoms with van der Waals surface area (Å²) in [6, 6.07) is 13.2. The summed E-state index contributed by atoms with van der Waals surface area (Å²) in [6.45, 7) is 0.696. The summed E-state index contributed by atoms with van der Waals surface area (Å²) in [5.41, 5.74) is 3.03. The van der Waals surface area contributed by atoms with Crippen LogP contribution in [0.25, 0.3) is 10.9 Å². The van der Waals surface area contributed by atoms with Crippen LogP contribution in [0.15, 0.2) is 53.8 Å². The molecule has 0 unspecified atom stereocenters. The van der Waals surface area contributed by atoms with E-state index >= 15 is 0 Å². The molecule has 0 fully saturated rings. The Balaban J connectivity index is 1.65. The summed E-state index contributed by atoms with van der Waals surface area (Å²) in [4.78, 5) is 8.64. The molecule has 6 heteroatoms. The number of nitrogens with zero attached hydrogens (tertiary/aromatic N) is 3. The highest BCUT2D eigenvalue weighted by Gasteiger charge is 2.05. The third-order valence-electron chi connectivity index (χ3n) is 3.70. The number of hydrogen-bond acceptors (Lipinski definition) is 6.